The van der Waals surface area contributed by atoms with Gasteiger partial charge in [0.15, 0.2) is 0 Å². The van der Waals surface area contributed by atoms with Crippen molar-refractivity contribution in [3.8, 4) is 0 Å². The lowest BCUT2D eigenvalue weighted by Gasteiger charge is -2.47. The maximum atomic E-state index is 10.8. The summed E-state index contributed by atoms with van der Waals surface area (Å²) in [4.78, 5) is 0. The summed E-state index contributed by atoms with van der Waals surface area (Å²) in [6, 6.07) is 0. The molecule has 0 heterocycles. The van der Waals surface area contributed by atoms with Crippen LogP contribution in [0.2, 0.25) is 0 Å². The van der Waals surface area contributed by atoms with E-state index in [1.807, 2.05) is 0 Å². The summed E-state index contributed by atoms with van der Waals surface area (Å²) < 4.78 is 16.4. The molecule has 0 fully saturated rings. The van der Waals surface area contributed by atoms with Crippen LogP contribution in [0.3, 0.4) is 0 Å². The predicted molar refractivity (Wildman–Crippen MR) is 65.3 cm³/mol. The van der Waals surface area contributed by atoms with Gasteiger partial charge in [0.1, 0.15) is 0 Å². The van der Waals surface area contributed by atoms with Crippen LogP contribution in [0.25, 0.3) is 0 Å². The fourth-order valence-electron chi connectivity index (χ4n) is 3.01. The molecule has 0 aromatic carbocycles. The zero-order valence-electron chi connectivity index (χ0n) is 10.8. The monoisotopic (exact) mass is 232 g/mol. The van der Waals surface area contributed by atoms with Crippen molar-refractivity contribution in [2.24, 2.45) is 5.41 Å². The van der Waals surface area contributed by atoms with Gasteiger partial charge in [0.2, 0.25) is 0 Å². The van der Waals surface area contributed by atoms with Crippen LogP contribution in [0.5, 0.6) is 0 Å². The molecule has 0 bridgehead atoms. The fraction of sp³-hybridized carbons (Fsp3) is 1.00. The number of rotatable bonds is 8. The van der Waals surface area contributed by atoms with Crippen LogP contribution in [-0.2, 0) is 9.09 Å². The van der Waals surface area contributed by atoms with Crippen LogP contribution in [0.1, 0.15) is 66.7 Å². The largest absolute Gasteiger partial charge is 0.327 e. The molecule has 2 nitrogen and oxygen atoms in total. The van der Waals surface area contributed by atoms with E-state index in [0.29, 0.717) is 0 Å². The first-order valence-corrected chi connectivity index (χ1v) is 6.85. The first-order valence-electron chi connectivity index (χ1n) is 6.12. The third-order valence-corrected chi connectivity index (χ3v) is 4.78. The van der Waals surface area contributed by atoms with Crippen molar-refractivity contribution in [1.82, 2.24) is 0 Å². The maximum absolute atomic E-state index is 10.8. The quantitative estimate of drug-likeness (QED) is 0.551. The molecular formula is C12H25O2P. The summed E-state index contributed by atoms with van der Waals surface area (Å²) in [5, 5.41) is 0. The lowest BCUT2D eigenvalue weighted by Crippen LogP contribution is -2.47. The minimum atomic E-state index is -0.228. The zero-order valence-corrected chi connectivity index (χ0v) is 11.7. The average Bonchev–Trinajstić information content (AvgIpc) is 2.30. The Kier molecular flexibility index (Phi) is 6.63. The first-order chi connectivity index (χ1) is 7.11. The van der Waals surface area contributed by atoms with Crippen LogP contribution < -0.4 is 0 Å². The molecule has 0 aliphatic heterocycles. The maximum Gasteiger partial charge on any atom is 0.327 e. The molecule has 0 saturated carbocycles. The summed E-state index contributed by atoms with van der Waals surface area (Å²) in [6.07, 6.45) is 5.09. The van der Waals surface area contributed by atoms with E-state index in [4.69, 9.17) is 4.52 Å². The molecule has 0 N–H and O–H groups in total. The van der Waals surface area contributed by atoms with E-state index in [1.165, 1.54) is 0 Å². The third-order valence-electron chi connectivity index (χ3n) is 4.35. The molecule has 0 amide bonds. The van der Waals surface area contributed by atoms with E-state index >= 15 is 0 Å². The van der Waals surface area contributed by atoms with Crippen molar-refractivity contribution in [2.75, 3.05) is 0 Å². The second kappa shape index (κ2) is 6.60. The zero-order chi connectivity index (χ0) is 11.9. The number of hydrogen-bond donors (Lipinski definition) is 0. The molecule has 0 radical (unpaired) electrons. The van der Waals surface area contributed by atoms with E-state index in [-0.39, 0.29) is 19.7 Å². The van der Waals surface area contributed by atoms with Crippen molar-refractivity contribution in [3.63, 3.8) is 0 Å². The van der Waals surface area contributed by atoms with E-state index in [0.717, 1.165) is 32.1 Å². The minimum Gasteiger partial charge on any atom is -0.287 e. The second-order valence-corrected chi connectivity index (χ2v) is 4.54. The molecule has 0 rings (SSSR count). The van der Waals surface area contributed by atoms with Crippen molar-refractivity contribution >= 4 is 8.69 Å². The minimum absolute atomic E-state index is 0.161. The molecular weight excluding hydrogens is 207 g/mol. The molecule has 3 heteroatoms. The van der Waals surface area contributed by atoms with Crippen LogP contribution >= 0.6 is 8.69 Å². The average molecular weight is 232 g/mol. The predicted octanol–water partition coefficient (Wildman–Crippen LogP) is 4.98. The molecule has 90 valence electrons. The Morgan fingerprint density at radius 2 is 1.27 bits per heavy atom. The summed E-state index contributed by atoms with van der Waals surface area (Å²) in [5.41, 5.74) is -0.0670. The smallest absolute Gasteiger partial charge is 0.287 e. The van der Waals surface area contributed by atoms with Crippen LogP contribution in [0.15, 0.2) is 0 Å². The standard InChI is InChI=1S/C12H25O2P/c1-6-11(7-2,8-3)12(9-4,10-5)14-15-13/h6-10H2,1-5H3. The molecule has 0 atom stereocenters. The number of hydrogen-bond acceptors (Lipinski definition) is 2. The second-order valence-electron chi connectivity index (χ2n) is 4.21. The molecule has 0 unspecified atom stereocenters. The Hall–Kier alpha value is 0.0600. The van der Waals surface area contributed by atoms with Gasteiger partial charge in [-0.05, 0) is 37.5 Å². The topological polar surface area (TPSA) is 26.3 Å². The van der Waals surface area contributed by atoms with Gasteiger partial charge < -0.3 is 0 Å². The molecule has 0 spiro atoms. The Morgan fingerprint density at radius 3 is 1.47 bits per heavy atom. The molecule has 0 aliphatic carbocycles. The van der Waals surface area contributed by atoms with Gasteiger partial charge in [-0.3, -0.25) is 4.52 Å². The van der Waals surface area contributed by atoms with Crippen molar-refractivity contribution in [3.05, 3.63) is 0 Å². The molecule has 0 saturated heterocycles. The van der Waals surface area contributed by atoms with E-state index in [9.17, 15) is 4.57 Å². The van der Waals surface area contributed by atoms with Crippen molar-refractivity contribution < 1.29 is 9.09 Å². The van der Waals surface area contributed by atoms with E-state index < -0.39 is 0 Å². The fourth-order valence-corrected chi connectivity index (χ4v) is 3.61. The third kappa shape index (κ3) is 2.60. The Balaban J connectivity index is 5.22. The van der Waals surface area contributed by atoms with Crippen LogP contribution in [0, 0.1) is 5.41 Å². The van der Waals surface area contributed by atoms with Crippen molar-refractivity contribution in [2.45, 2.75) is 72.3 Å². The molecule has 0 aromatic heterocycles. The highest BCUT2D eigenvalue weighted by atomic mass is 31.1. The van der Waals surface area contributed by atoms with E-state index in [2.05, 4.69) is 34.6 Å². The summed E-state index contributed by atoms with van der Waals surface area (Å²) in [7, 11) is -0.182. The normalized spacial score (nSPS) is 13.4. The lowest BCUT2D eigenvalue weighted by molar-refractivity contribution is -0.0693. The Bertz CT molecular complexity index is 176. The lowest BCUT2D eigenvalue weighted by atomic mass is 9.64. The summed E-state index contributed by atoms with van der Waals surface area (Å²) in [6.45, 7) is 10.9. The van der Waals surface area contributed by atoms with Gasteiger partial charge in [-0.2, -0.15) is 0 Å². The van der Waals surface area contributed by atoms with E-state index in [1.54, 1.807) is 0 Å². The van der Waals surface area contributed by atoms with Gasteiger partial charge in [0.05, 0.1) is 5.60 Å². The van der Waals surface area contributed by atoms with Gasteiger partial charge in [0.25, 0.3) is 0 Å². The first kappa shape index (κ1) is 15.1. The van der Waals surface area contributed by atoms with Gasteiger partial charge in [-0.25, -0.2) is 4.57 Å². The van der Waals surface area contributed by atoms with Gasteiger partial charge >= 0.3 is 8.69 Å². The molecule has 15 heavy (non-hydrogen) atoms. The van der Waals surface area contributed by atoms with Gasteiger partial charge in [-0.15, -0.1) is 0 Å². The summed E-state index contributed by atoms with van der Waals surface area (Å²) in [5.74, 6) is 0. The Morgan fingerprint density at radius 1 is 0.867 bits per heavy atom. The van der Waals surface area contributed by atoms with Gasteiger partial charge in [-0.1, -0.05) is 34.6 Å². The highest BCUT2D eigenvalue weighted by Crippen LogP contribution is 2.49. The molecule has 0 aliphatic rings. The summed E-state index contributed by atoms with van der Waals surface area (Å²) >= 11 is 0. The van der Waals surface area contributed by atoms with Crippen molar-refractivity contribution in [1.29, 1.82) is 0 Å². The van der Waals surface area contributed by atoms with Gasteiger partial charge in [0, 0.05) is 0 Å². The highest BCUT2D eigenvalue weighted by molar-refractivity contribution is 7.17. The SMILES string of the molecule is CCC(CC)(CC)C(CC)(CC)OP=O. The Labute approximate surface area is 96.1 Å². The van der Waals surface area contributed by atoms with Crippen LogP contribution in [-0.4, -0.2) is 5.60 Å². The van der Waals surface area contributed by atoms with Crippen LogP contribution in [0.4, 0.5) is 0 Å². The molecule has 0 aromatic rings. The highest BCUT2D eigenvalue weighted by Gasteiger charge is 2.47.